The van der Waals surface area contributed by atoms with Gasteiger partial charge in [0.2, 0.25) is 12.7 Å². The van der Waals surface area contributed by atoms with Crippen molar-refractivity contribution in [2.24, 2.45) is 0 Å². The van der Waals surface area contributed by atoms with Crippen molar-refractivity contribution in [3.8, 4) is 11.5 Å². The summed E-state index contributed by atoms with van der Waals surface area (Å²) >= 11 is 0. The highest BCUT2D eigenvalue weighted by Crippen LogP contribution is 2.34. The van der Waals surface area contributed by atoms with Gasteiger partial charge in [-0.1, -0.05) is 6.92 Å². The number of piperidine rings is 1. The van der Waals surface area contributed by atoms with E-state index in [1.54, 1.807) is 0 Å². The SMILES string of the molecule is CCN1CC[C@H](N(C)CCC(=O)Nc2ccc3c(c2)OCO3)C[C@@H]1C. The lowest BCUT2D eigenvalue weighted by molar-refractivity contribution is -0.116. The van der Waals surface area contributed by atoms with Crippen LogP contribution in [-0.2, 0) is 4.79 Å². The third-order valence-electron chi connectivity index (χ3n) is 5.36. The number of nitrogens with one attached hydrogen (secondary N) is 1. The summed E-state index contributed by atoms with van der Waals surface area (Å²) in [5.41, 5.74) is 0.752. The first-order chi connectivity index (χ1) is 12.1. The number of anilines is 1. The van der Waals surface area contributed by atoms with Gasteiger partial charge in [0.25, 0.3) is 0 Å². The minimum absolute atomic E-state index is 0.0322. The molecular weight excluding hydrogens is 318 g/mol. The summed E-state index contributed by atoms with van der Waals surface area (Å²) in [6.07, 6.45) is 2.85. The van der Waals surface area contributed by atoms with Crippen molar-refractivity contribution in [3.05, 3.63) is 18.2 Å². The van der Waals surface area contributed by atoms with Gasteiger partial charge in [0, 0.05) is 36.8 Å². The Hall–Kier alpha value is -1.79. The maximum absolute atomic E-state index is 12.2. The van der Waals surface area contributed by atoms with Crippen LogP contribution in [0.2, 0.25) is 0 Å². The second-order valence-electron chi connectivity index (χ2n) is 7.00. The predicted molar refractivity (Wildman–Crippen MR) is 98.2 cm³/mol. The van der Waals surface area contributed by atoms with Gasteiger partial charge in [-0.2, -0.15) is 0 Å². The van der Waals surface area contributed by atoms with E-state index in [-0.39, 0.29) is 12.7 Å². The summed E-state index contributed by atoms with van der Waals surface area (Å²) in [4.78, 5) is 17.1. The van der Waals surface area contributed by atoms with Crippen LogP contribution in [0, 0.1) is 0 Å². The van der Waals surface area contributed by atoms with Crippen molar-refractivity contribution in [2.75, 3.05) is 38.8 Å². The zero-order chi connectivity index (χ0) is 17.8. The van der Waals surface area contributed by atoms with Crippen LogP contribution in [0.4, 0.5) is 5.69 Å². The Morgan fingerprint density at radius 3 is 2.92 bits per heavy atom. The molecule has 6 heteroatoms. The molecule has 0 aromatic heterocycles. The van der Waals surface area contributed by atoms with Crippen molar-refractivity contribution < 1.29 is 14.3 Å². The molecule has 1 N–H and O–H groups in total. The van der Waals surface area contributed by atoms with Crippen LogP contribution in [0.25, 0.3) is 0 Å². The number of ether oxygens (including phenoxy) is 2. The molecule has 1 aromatic carbocycles. The zero-order valence-electron chi connectivity index (χ0n) is 15.5. The maximum Gasteiger partial charge on any atom is 0.231 e. The molecule has 0 aliphatic carbocycles. The van der Waals surface area contributed by atoms with Crippen LogP contribution in [0.5, 0.6) is 11.5 Å². The van der Waals surface area contributed by atoms with Gasteiger partial charge in [-0.15, -0.1) is 0 Å². The lowest BCUT2D eigenvalue weighted by Gasteiger charge is -2.40. The van der Waals surface area contributed by atoms with Gasteiger partial charge in [0.05, 0.1) is 0 Å². The smallest absolute Gasteiger partial charge is 0.231 e. The van der Waals surface area contributed by atoms with Crippen LogP contribution >= 0.6 is 0 Å². The zero-order valence-corrected chi connectivity index (χ0v) is 15.5. The highest BCUT2D eigenvalue weighted by Gasteiger charge is 2.26. The topological polar surface area (TPSA) is 54.0 Å². The summed E-state index contributed by atoms with van der Waals surface area (Å²) < 4.78 is 10.6. The monoisotopic (exact) mass is 347 g/mol. The molecule has 1 aromatic rings. The van der Waals surface area contributed by atoms with Crippen molar-refractivity contribution >= 4 is 11.6 Å². The molecule has 0 saturated carbocycles. The molecule has 1 amide bonds. The molecular formula is C19H29N3O3. The molecule has 1 saturated heterocycles. The number of benzene rings is 1. The first-order valence-corrected chi connectivity index (χ1v) is 9.20. The molecule has 6 nitrogen and oxygen atoms in total. The van der Waals surface area contributed by atoms with Crippen LogP contribution in [-0.4, -0.2) is 61.3 Å². The van der Waals surface area contributed by atoms with E-state index >= 15 is 0 Å². The van der Waals surface area contributed by atoms with E-state index in [4.69, 9.17) is 9.47 Å². The third-order valence-corrected chi connectivity index (χ3v) is 5.36. The molecule has 0 bridgehead atoms. The maximum atomic E-state index is 12.2. The van der Waals surface area contributed by atoms with Crippen molar-refractivity contribution in [3.63, 3.8) is 0 Å². The fourth-order valence-corrected chi connectivity index (χ4v) is 3.72. The molecule has 2 heterocycles. The summed E-state index contributed by atoms with van der Waals surface area (Å²) in [6.45, 7) is 7.81. The molecule has 25 heavy (non-hydrogen) atoms. The van der Waals surface area contributed by atoms with Gasteiger partial charge in [-0.25, -0.2) is 0 Å². The summed E-state index contributed by atoms with van der Waals surface area (Å²) in [7, 11) is 2.13. The Morgan fingerprint density at radius 2 is 2.16 bits per heavy atom. The van der Waals surface area contributed by atoms with Gasteiger partial charge in [0.15, 0.2) is 11.5 Å². The van der Waals surface area contributed by atoms with Crippen LogP contribution in [0.1, 0.15) is 33.1 Å². The minimum atomic E-state index is 0.0322. The summed E-state index contributed by atoms with van der Waals surface area (Å²) in [6, 6.07) is 6.67. The normalized spacial score (nSPS) is 23.0. The van der Waals surface area contributed by atoms with Gasteiger partial charge in [-0.3, -0.25) is 4.79 Å². The number of likely N-dealkylation sites (tertiary alicyclic amines) is 1. The number of hydrogen-bond donors (Lipinski definition) is 1. The van der Waals surface area contributed by atoms with Crippen LogP contribution < -0.4 is 14.8 Å². The second-order valence-corrected chi connectivity index (χ2v) is 7.00. The van der Waals surface area contributed by atoms with Gasteiger partial charge in [0.1, 0.15) is 0 Å². The molecule has 0 radical (unpaired) electrons. The number of amides is 1. The average Bonchev–Trinajstić information content (AvgIpc) is 3.07. The van der Waals surface area contributed by atoms with E-state index in [1.807, 2.05) is 18.2 Å². The quantitative estimate of drug-likeness (QED) is 0.857. The molecule has 138 valence electrons. The average molecular weight is 347 g/mol. The molecule has 2 aliphatic heterocycles. The fraction of sp³-hybridized carbons (Fsp3) is 0.632. The van der Waals surface area contributed by atoms with E-state index in [0.29, 0.717) is 24.3 Å². The fourth-order valence-electron chi connectivity index (χ4n) is 3.72. The molecule has 2 atom stereocenters. The number of nitrogens with zero attached hydrogens (tertiary/aromatic N) is 2. The van der Waals surface area contributed by atoms with Crippen molar-refractivity contribution in [1.29, 1.82) is 0 Å². The number of rotatable bonds is 6. The van der Waals surface area contributed by atoms with E-state index < -0.39 is 0 Å². The third kappa shape index (κ3) is 4.44. The van der Waals surface area contributed by atoms with E-state index in [9.17, 15) is 4.79 Å². The van der Waals surface area contributed by atoms with Gasteiger partial charge in [-0.05, 0) is 52.0 Å². The van der Waals surface area contributed by atoms with E-state index in [1.165, 1.54) is 12.8 Å². The standard InChI is InChI=1S/C19H29N3O3/c1-4-22-10-7-16(11-14(22)2)21(3)9-8-19(23)20-15-5-6-17-18(12-15)25-13-24-17/h5-6,12,14,16H,4,7-11,13H2,1-3H3,(H,20,23)/t14-,16-/m0/s1. The van der Waals surface area contributed by atoms with Crippen LogP contribution in [0.15, 0.2) is 18.2 Å². The molecule has 1 fully saturated rings. The Morgan fingerprint density at radius 1 is 1.36 bits per heavy atom. The van der Waals surface area contributed by atoms with Crippen molar-refractivity contribution in [1.82, 2.24) is 9.80 Å². The number of hydrogen-bond acceptors (Lipinski definition) is 5. The number of fused-ring (bicyclic) bond motifs is 1. The first kappa shape index (κ1) is 18.0. The van der Waals surface area contributed by atoms with Crippen molar-refractivity contribution in [2.45, 2.75) is 45.2 Å². The Labute approximate surface area is 150 Å². The Balaban J connectivity index is 1.44. The van der Waals surface area contributed by atoms with E-state index in [0.717, 1.165) is 31.1 Å². The van der Waals surface area contributed by atoms with Crippen LogP contribution in [0.3, 0.4) is 0 Å². The summed E-state index contributed by atoms with van der Waals surface area (Å²) in [5.74, 6) is 1.45. The Kier molecular flexibility index (Phi) is 5.81. The number of carbonyl (C=O) groups is 1. The molecule has 2 aliphatic rings. The minimum Gasteiger partial charge on any atom is -0.454 e. The number of carbonyl (C=O) groups excluding carboxylic acids is 1. The predicted octanol–water partition coefficient (Wildman–Crippen LogP) is 2.55. The lowest BCUT2D eigenvalue weighted by Crippen LogP contribution is -2.48. The largest absolute Gasteiger partial charge is 0.454 e. The van der Waals surface area contributed by atoms with E-state index in [2.05, 4.69) is 36.0 Å². The van der Waals surface area contributed by atoms with Gasteiger partial charge >= 0.3 is 0 Å². The second kappa shape index (κ2) is 8.06. The Bertz CT molecular complexity index is 608. The lowest BCUT2D eigenvalue weighted by atomic mass is 9.97. The highest BCUT2D eigenvalue weighted by molar-refractivity contribution is 5.91. The summed E-state index contributed by atoms with van der Waals surface area (Å²) in [5, 5.41) is 2.95. The molecule has 0 unspecified atom stereocenters. The highest BCUT2D eigenvalue weighted by atomic mass is 16.7. The molecule has 3 rings (SSSR count). The first-order valence-electron chi connectivity index (χ1n) is 9.20. The van der Waals surface area contributed by atoms with Gasteiger partial charge < -0.3 is 24.6 Å². The molecule has 0 spiro atoms.